The van der Waals surface area contributed by atoms with E-state index in [1.165, 1.54) is 18.7 Å². The number of rotatable bonds is 7. The molecule has 0 aliphatic carbocycles. The minimum Gasteiger partial charge on any atom is -0.326 e. The maximum absolute atomic E-state index is 12.1. The Bertz CT molecular complexity index is 857. The van der Waals surface area contributed by atoms with Gasteiger partial charge in [-0.3, -0.25) is 9.59 Å². The zero-order chi connectivity index (χ0) is 19.8. The third-order valence-corrected chi connectivity index (χ3v) is 4.64. The summed E-state index contributed by atoms with van der Waals surface area (Å²) in [5.41, 5.74) is 2.80. The van der Waals surface area contributed by atoms with E-state index in [1.807, 2.05) is 19.9 Å². The Balaban J connectivity index is 1.88. The molecular weight excluding hydrogens is 360 g/mol. The molecule has 2 aromatic rings. The molecule has 0 aliphatic heterocycles. The highest BCUT2D eigenvalue weighted by Gasteiger charge is 2.10. The van der Waals surface area contributed by atoms with E-state index in [4.69, 9.17) is 0 Å². The van der Waals surface area contributed by atoms with Gasteiger partial charge in [0.05, 0.1) is 5.56 Å². The lowest BCUT2D eigenvalue weighted by atomic mass is 10.1. The van der Waals surface area contributed by atoms with Crippen LogP contribution in [0.1, 0.15) is 44.4 Å². The van der Waals surface area contributed by atoms with Gasteiger partial charge in [0, 0.05) is 36.2 Å². The third kappa shape index (κ3) is 6.42. The molecule has 2 rings (SSSR count). The minimum atomic E-state index is -0.143. The average molecular weight is 382 g/mol. The normalized spacial score (nSPS) is 10.3. The van der Waals surface area contributed by atoms with Crippen LogP contribution in [0.2, 0.25) is 0 Å². The Hall–Kier alpha value is -2.85. The Morgan fingerprint density at radius 3 is 2.30 bits per heavy atom. The number of pyridine rings is 1. The third-order valence-electron chi connectivity index (χ3n) is 3.65. The van der Waals surface area contributed by atoms with Gasteiger partial charge in [-0.05, 0) is 42.3 Å². The minimum absolute atomic E-state index is 0.117. The lowest BCUT2D eigenvalue weighted by molar-refractivity contribution is -0.116. The van der Waals surface area contributed by atoms with E-state index in [-0.39, 0.29) is 17.7 Å². The molecule has 0 saturated carbocycles. The monoisotopic (exact) mass is 382 g/mol. The number of hydrogen-bond donors (Lipinski definition) is 2. The maximum atomic E-state index is 12.1. The van der Waals surface area contributed by atoms with Crippen molar-refractivity contribution in [2.75, 3.05) is 16.4 Å². The molecule has 1 heterocycles. The van der Waals surface area contributed by atoms with Gasteiger partial charge < -0.3 is 10.6 Å². The SMILES string of the molecule is CC(=O)Nc1ccc(NC(=O)CCSc2nc(C(C)C)ccc2C#N)cc1. The van der Waals surface area contributed by atoms with Crippen LogP contribution in [0.4, 0.5) is 11.4 Å². The quantitative estimate of drug-likeness (QED) is 0.701. The topological polar surface area (TPSA) is 94.9 Å². The lowest BCUT2D eigenvalue weighted by Gasteiger charge is -2.09. The van der Waals surface area contributed by atoms with Crippen LogP contribution in [0.15, 0.2) is 41.4 Å². The van der Waals surface area contributed by atoms with Crippen molar-refractivity contribution in [3.05, 3.63) is 47.7 Å². The molecule has 0 radical (unpaired) electrons. The van der Waals surface area contributed by atoms with Gasteiger partial charge in [-0.2, -0.15) is 5.26 Å². The average Bonchev–Trinajstić information content (AvgIpc) is 2.62. The Morgan fingerprint density at radius 1 is 1.11 bits per heavy atom. The van der Waals surface area contributed by atoms with Gasteiger partial charge >= 0.3 is 0 Å². The van der Waals surface area contributed by atoms with E-state index in [1.54, 1.807) is 30.3 Å². The van der Waals surface area contributed by atoms with Crippen LogP contribution in [-0.2, 0) is 9.59 Å². The summed E-state index contributed by atoms with van der Waals surface area (Å²) in [7, 11) is 0. The predicted octanol–water partition coefficient (Wildman–Crippen LogP) is 4.16. The van der Waals surface area contributed by atoms with Crippen LogP contribution in [0.5, 0.6) is 0 Å². The number of carbonyl (C=O) groups excluding carboxylic acids is 2. The summed E-state index contributed by atoms with van der Waals surface area (Å²) < 4.78 is 0. The molecule has 0 saturated heterocycles. The number of aromatic nitrogens is 1. The summed E-state index contributed by atoms with van der Waals surface area (Å²) in [6, 6.07) is 12.7. The zero-order valence-corrected chi connectivity index (χ0v) is 16.4. The second kappa shape index (κ2) is 9.74. The first-order chi connectivity index (χ1) is 12.9. The summed E-state index contributed by atoms with van der Waals surface area (Å²) in [4.78, 5) is 27.7. The number of thioether (sulfide) groups is 1. The fourth-order valence-electron chi connectivity index (χ4n) is 2.28. The number of amides is 2. The van der Waals surface area contributed by atoms with E-state index >= 15 is 0 Å². The Morgan fingerprint density at radius 2 is 1.74 bits per heavy atom. The van der Waals surface area contributed by atoms with Gasteiger partial charge in [0.25, 0.3) is 0 Å². The molecule has 2 N–H and O–H groups in total. The first-order valence-electron chi connectivity index (χ1n) is 8.60. The van der Waals surface area contributed by atoms with Crippen molar-refractivity contribution < 1.29 is 9.59 Å². The molecule has 140 valence electrons. The molecule has 0 spiro atoms. The summed E-state index contributed by atoms with van der Waals surface area (Å²) >= 11 is 1.41. The first-order valence-corrected chi connectivity index (χ1v) is 9.59. The molecule has 0 unspecified atom stereocenters. The molecule has 1 aromatic heterocycles. The molecule has 0 fully saturated rings. The number of benzene rings is 1. The van der Waals surface area contributed by atoms with E-state index in [2.05, 4.69) is 21.7 Å². The van der Waals surface area contributed by atoms with Gasteiger partial charge in [0.1, 0.15) is 11.1 Å². The van der Waals surface area contributed by atoms with Crippen molar-refractivity contribution >= 4 is 35.0 Å². The lowest BCUT2D eigenvalue weighted by Crippen LogP contribution is -2.12. The van der Waals surface area contributed by atoms with Gasteiger partial charge in [-0.25, -0.2) is 4.98 Å². The molecule has 0 aliphatic rings. The van der Waals surface area contributed by atoms with Crippen molar-refractivity contribution in [3.63, 3.8) is 0 Å². The maximum Gasteiger partial charge on any atom is 0.225 e. The van der Waals surface area contributed by atoms with Crippen LogP contribution < -0.4 is 10.6 Å². The molecule has 6 nitrogen and oxygen atoms in total. The standard InChI is InChI=1S/C20H22N4O2S/c1-13(2)18-9-4-15(12-21)20(24-18)27-11-10-19(26)23-17-7-5-16(6-8-17)22-14(3)25/h4-9,13H,10-11H2,1-3H3,(H,22,25)(H,23,26). The fraction of sp³-hybridized carbons (Fsp3) is 0.300. The van der Waals surface area contributed by atoms with E-state index in [0.717, 1.165) is 5.69 Å². The molecule has 0 atom stereocenters. The zero-order valence-electron chi connectivity index (χ0n) is 15.6. The van der Waals surface area contributed by atoms with Crippen LogP contribution in [0, 0.1) is 11.3 Å². The molecule has 1 aromatic carbocycles. The summed E-state index contributed by atoms with van der Waals surface area (Å²) in [5.74, 6) is 0.545. The fourth-order valence-corrected chi connectivity index (χ4v) is 3.20. The molecule has 27 heavy (non-hydrogen) atoms. The van der Waals surface area contributed by atoms with Crippen LogP contribution >= 0.6 is 11.8 Å². The number of nitrogens with zero attached hydrogens (tertiary/aromatic N) is 2. The highest BCUT2D eigenvalue weighted by Crippen LogP contribution is 2.24. The summed E-state index contributed by atoms with van der Waals surface area (Å²) in [6.07, 6.45) is 0.302. The second-order valence-electron chi connectivity index (χ2n) is 6.26. The van der Waals surface area contributed by atoms with E-state index < -0.39 is 0 Å². The Labute approximate surface area is 163 Å². The highest BCUT2D eigenvalue weighted by molar-refractivity contribution is 7.99. The van der Waals surface area contributed by atoms with Crippen LogP contribution in [0.3, 0.4) is 0 Å². The number of nitriles is 1. The highest BCUT2D eigenvalue weighted by atomic mass is 32.2. The van der Waals surface area contributed by atoms with Crippen molar-refractivity contribution in [1.82, 2.24) is 4.98 Å². The van der Waals surface area contributed by atoms with Gasteiger partial charge in [-0.15, -0.1) is 11.8 Å². The first kappa shape index (κ1) is 20.5. The number of hydrogen-bond acceptors (Lipinski definition) is 5. The van der Waals surface area contributed by atoms with Crippen LogP contribution in [0.25, 0.3) is 0 Å². The number of nitrogens with one attached hydrogen (secondary N) is 2. The predicted molar refractivity (Wildman–Crippen MR) is 108 cm³/mol. The Kier molecular flexibility index (Phi) is 7.38. The molecule has 7 heteroatoms. The van der Waals surface area contributed by atoms with Crippen LogP contribution in [-0.4, -0.2) is 22.6 Å². The van der Waals surface area contributed by atoms with Gasteiger partial charge in [0.2, 0.25) is 11.8 Å². The van der Waals surface area contributed by atoms with Gasteiger partial charge in [-0.1, -0.05) is 13.8 Å². The van der Waals surface area contributed by atoms with E-state index in [0.29, 0.717) is 34.1 Å². The second-order valence-corrected chi connectivity index (χ2v) is 7.34. The number of anilines is 2. The van der Waals surface area contributed by atoms with E-state index in [9.17, 15) is 14.9 Å². The largest absolute Gasteiger partial charge is 0.326 e. The molecular formula is C20H22N4O2S. The van der Waals surface area contributed by atoms with Crippen molar-refractivity contribution in [1.29, 1.82) is 5.26 Å². The summed E-state index contributed by atoms with van der Waals surface area (Å²) in [6.45, 7) is 5.54. The molecule has 2 amide bonds. The van der Waals surface area contributed by atoms with Crippen molar-refractivity contribution in [2.45, 2.75) is 38.1 Å². The molecule has 0 bridgehead atoms. The number of carbonyl (C=O) groups is 2. The van der Waals surface area contributed by atoms with Crippen molar-refractivity contribution in [3.8, 4) is 6.07 Å². The summed E-state index contributed by atoms with van der Waals surface area (Å²) in [5, 5.41) is 15.4. The van der Waals surface area contributed by atoms with Gasteiger partial charge in [0.15, 0.2) is 0 Å². The smallest absolute Gasteiger partial charge is 0.225 e. The van der Waals surface area contributed by atoms with Crippen molar-refractivity contribution in [2.24, 2.45) is 0 Å².